The normalized spacial score (nSPS) is 21.5. The van der Waals surface area contributed by atoms with Gasteiger partial charge in [0.2, 0.25) is 0 Å². The first-order valence-corrected chi connectivity index (χ1v) is 7.67. The summed E-state index contributed by atoms with van der Waals surface area (Å²) in [5.41, 5.74) is 4.64. The maximum Gasteiger partial charge on any atom is -0.0156 e. The molecule has 0 aliphatic heterocycles. The molecule has 0 spiro atoms. The average Bonchev–Trinajstić information content (AvgIpc) is 2.65. The number of hydrogen-bond donors (Lipinski definition) is 0. The van der Waals surface area contributed by atoms with Crippen LogP contribution in [-0.4, -0.2) is 0 Å². The van der Waals surface area contributed by atoms with Gasteiger partial charge in [-0.15, -0.1) is 0 Å². The molecule has 0 amide bonds. The van der Waals surface area contributed by atoms with Crippen molar-refractivity contribution in [2.75, 3.05) is 0 Å². The van der Waals surface area contributed by atoms with Crippen LogP contribution < -0.4 is 0 Å². The maximum absolute atomic E-state index is 2.41. The van der Waals surface area contributed by atoms with E-state index in [1.54, 1.807) is 11.1 Å². The summed E-state index contributed by atoms with van der Waals surface area (Å²) in [6.45, 7) is 13.3. The highest BCUT2D eigenvalue weighted by Crippen LogP contribution is 2.40. The van der Waals surface area contributed by atoms with E-state index in [1.165, 1.54) is 24.8 Å². The lowest BCUT2D eigenvalue weighted by Gasteiger charge is -2.16. The minimum Gasteiger partial charge on any atom is -0.0683 e. The lowest BCUT2D eigenvalue weighted by Crippen LogP contribution is -2.05. The first-order chi connectivity index (χ1) is 8.58. The van der Waals surface area contributed by atoms with Crippen LogP contribution >= 0.6 is 0 Å². The summed E-state index contributed by atoms with van der Waals surface area (Å²) in [5.74, 6) is 2.51. The van der Waals surface area contributed by atoms with Crippen molar-refractivity contribution >= 4 is 0 Å². The first-order valence-electron chi connectivity index (χ1n) is 7.67. The Kier molecular flexibility index (Phi) is 5.91. The summed E-state index contributed by atoms with van der Waals surface area (Å²) >= 11 is 0. The molecule has 1 aromatic rings. The Hall–Kier alpha value is -0.780. The molecule has 102 valence electrons. The van der Waals surface area contributed by atoms with Crippen molar-refractivity contribution in [3.05, 3.63) is 34.9 Å². The minimum absolute atomic E-state index is 0.773. The second-order valence-electron chi connectivity index (χ2n) is 5.93. The molecule has 2 atom stereocenters. The molecule has 0 bridgehead atoms. The predicted octanol–water partition coefficient (Wildman–Crippen LogP) is 5.73. The molecule has 0 fully saturated rings. The van der Waals surface area contributed by atoms with Gasteiger partial charge in [0.05, 0.1) is 0 Å². The molecule has 0 radical (unpaired) electrons. The Morgan fingerprint density at radius 2 is 1.89 bits per heavy atom. The van der Waals surface area contributed by atoms with E-state index >= 15 is 0 Å². The van der Waals surface area contributed by atoms with Crippen LogP contribution in [0.3, 0.4) is 0 Å². The van der Waals surface area contributed by atoms with Gasteiger partial charge in [0.15, 0.2) is 0 Å². The van der Waals surface area contributed by atoms with E-state index in [-0.39, 0.29) is 0 Å². The summed E-state index contributed by atoms with van der Waals surface area (Å²) in [7, 11) is 0. The molecule has 1 aliphatic rings. The Bertz CT molecular complexity index is 362. The minimum atomic E-state index is 0.773. The smallest absolute Gasteiger partial charge is 0.0156 e. The Balaban J connectivity index is 0.000000771. The Labute approximate surface area is 114 Å². The number of fused-ring (bicyclic) bond motifs is 1. The van der Waals surface area contributed by atoms with E-state index in [4.69, 9.17) is 0 Å². The van der Waals surface area contributed by atoms with Crippen molar-refractivity contribution in [3.8, 4) is 0 Å². The van der Waals surface area contributed by atoms with Crippen molar-refractivity contribution < 1.29 is 0 Å². The summed E-state index contributed by atoms with van der Waals surface area (Å²) in [5, 5.41) is 0. The van der Waals surface area contributed by atoms with Crippen LogP contribution in [0.2, 0.25) is 0 Å². The quantitative estimate of drug-likeness (QED) is 0.638. The van der Waals surface area contributed by atoms with Crippen molar-refractivity contribution in [2.24, 2.45) is 11.8 Å². The van der Waals surface area contributed by atoms with E-state index in [0.29, 0.717) is 0 Å². The topological polar surface area (TPSA) is 0 Å². The SMILES string of the molecule is CC.Cc1ccc2c(c1)CC(CCC(C)C)C2C. The number of rotatable bonds is 3. The summed E-state index contributed by atoms with van der Waals surface area (Å²) in [4.78, 5) is 0. The van der Waals surface area contributed by atoms with Crippen LogP contribution in [0.25, 0.3) is 0 Å². The van der Waals surface area contributed by atoms with E-state index in [9.17, 15) is 0 Å². The molecule has 0 nitrogen and oxygen atoms in total. The molecular weight excluding hydrogens is 216 g/mol. The largest absolute Gasteiger partial charge is 0.0683 e. The molecule has 2 rings (SSSR count). The van der Waals surface area contributed by atoms with Crippen molar-refractivity contribution in [2.45, 2.75) is 66.7 Å². The molecule has 0 heteroatoms. The van der Waals surface area contributed by atoms with E-state index in [2.05, 4.69) is 45.9 Å². The third kappa shape index (κ3) is 3.60. The van der Waals surface area contributed by atoms with Gasteiger partial charge in [-0.2, -0.15) is 0 Å². The lowest BCUT2D eigenvalue weighted by molar-refractivity contribution is 0.397. The van der Waals surface area contributed by atoms with Crippen molar-refractivity contribution in [1.82, 2.24) is 0 Å². The Morgan fingerprint density at radius 3 is 2.50 bits per heavy atom. The van der Waals surface area contributed by atoms with Gasteiger partial charge < -0.3 is 0 Å². The summed E-state index contributed by atoms with van der Waals surface area (Å²) in [6.07, 6.45) is 4.08. The van der Waals surface area contributed by atoms with Crippen LogP contribution in [0.1, 0.15) is 70.1 Å². The van der Waals surface area contributed by atoms with E-state index in [1.807, 2.05) is 13.8 Å². The first kappa shape index (κ1) is 15.3. The zero-order valence-electron chi connectivity index (χ0n) is 13.1. The van der Waals surface area contributed by atoms with Crippen LogP contribution in [0.4, 0.5) is 0 Å². The van der Waals surface area contributed by atoms with Crippen LogP contribution in [0.15, 0.2) is 18.2 Å². The van der Waals surface area contributed by atoms with Crippen LogP contribution in [0.5, 0.6) is 0 Å². The molecular formula is C18H30. The van der Waals surface area contributed by atoms with Gasteiger partial charge in [-0.25, -0.2) is 0 Å². The lowest BCUT2D eigenvalue weighted by atomic mass is 9.88. The highest BCUT2D eigenvalue weighted by Gasteiger charge is 2.28. The highest BCUT2D eigenvalue weighted by atomic mass is 14.3. The fraction of sp³-hybridized carbons (Fsp3) is 0.667. The maximum atomic E-state index is 2.41. The second-order valence-corrected chi connectivity index (χ2v) is 5.93. The van der Waals surface area contributed by atoms with Gasteiger partial charge in [-0.05, 0) is 48.6 Å². The van der Waals surface area contributed by atoms with Crippen LogP contribution in [0, 0.1) is 18.8 Å². The second kappa shape index (κ2) is 6.97. The highest BCUT2D eigenvalue weighted by molar-refractivity contribution is 5.38. The third-order valence-corrected chi connectivity index (χ3v) is 4.09. The number of aryl methyl sites for hydroxylation is 1. The molecule has 0 saturated heterocycles. The van der Waals surface area contributed by atoms with Gasteiger partial charge in [-0.3, -0.25) is 0 Å². The number of benzene rings is 1. The molecule has 1 aliphatic carbocycles. The van der Waals surface area contributed by atoms with Crippen molar-refractivity contribution in [1.29, 1.82) is 0 Å². The Morgan fingerprint density at radius 1 is 1.22 bits per heavy atom. The fourth-order valence-corrected chi connectivity index (χ4v) is 2.97. The summed E-state index contributed by atoms with van der Waals surface area (Å²) in [6, 6.07) is 7.01. The van der Waals surface area contributed by atoms with E-state index < -0.39 is 0 Å². The fourth-order valence-electron chi connectivity index (χ4n) is 2.97. The third-order valence-electron chi connectivity index (χ3n) is 4.09. The molecule has 0 N–H and O–H groups in total. The van der Waals surface area contributed by atoms with Crippen molar-refractivity contribution in [3.63, 3.8) is 0 Å². The van der Waals surface area contributed by atoms with Crippen LogP contribution in [-0.2, 0) is 6.42 Å². The molecule has 18 heavy (non-hydrogen) atoms. The molecule has 0 aromatic heterocycles. The predicted molar refractivity (Wildman–Crippen MR) is 82.2 cm³/mol. The molecule has 1 aromatic carbocycles. The molecule has 2 unspecified atom stereocenters. The van der Waals surface area contributed by atoms with Gasteiger partial charge in [-0.1, -0.05) is 64.8 Å². The zero-order valence-corrected chi connectivity index (χ0v) is 13.1. The van der Waals surface area contributed by atoms with Gasteiger partial charge in [0.25, 0.3) is 0 Å². The molecule has 0 saturated carbocycles. The zero-order chi connectivity index (χ0) is 13.7. The van der Waals surface area contributed by atoms with Gasteiger partial charge in [0.1, 0.15) is 0 Å². The molecule has 0 heterocycles. The van der Waals surface area contributed by atoms with Gasteiger partial charge in [0, 0.05) is 0 Å². The standard InChI is InChI=1S/C16H24.C2H6/c1-11(2)5-7-14-10-15-9-12(3)6-8-16(15)13(14)4;1-2/h6,8-9,11,13-14H,5,7,10H2,1-4H3;1-2H3. The van der Waals surface area contributed by atoms with Gasteiger partial charge >= 0.3 is 0 Å². The van der Waals surface area contributed by atoms with E-state index in [0.717, 1.165) is 17.8 Å². The average molecular weight is 246 g/mol. The number of hydrogen-bond acceptors (Lipinski definition) is 0. The summed E-state index contributed by atoms with van der Waals surface area (Å²) < 4.78 is 0. The monoisotopic (exact) mass is 246 g/mol.